The van der Waals surface area contributed by atoms with Gasteiger partial charge in [-0.15, -0.1) is 11.8 Å². The molecule has 0 radical (unpaired) electrons. The largest absolute Gasteiger partial charge is 0.477 e. The van der Waals surface area contributed by atoms with Crippen LogP contribution in [0.2, 0.25) is 0 Å². The van der Waals surface area contributed by atoms with Crippen LogP contribution in [-0.2, 0) is 25.5 Å². The first-order valence-corrected chi connectivity index (χ1v) is 9.97. The molecule has 0 unspecified atom stereocenters. The molecule has 2 saturated heterocycles. The molecule has 2 amide bonds. The van der Waals surface area contributed by atoms with Gasteiger partial charge < -0.3 is 15.2 Å². The zero-order valence-electron chi connectivity index (χ0n) is 14.6. The van der Waals surface area contributed by atoms with E-state index in [1.807, 2.05) is 30.3 Å². The zero-order chi connectivity index (χ0) is 19.0. The van der Waals surface area contributed by atoms with E-state index in [4.69, 9.17) is 4.74 Å². The Hall–Kier alpha value is -2.32. The number of amides is 2. The number of hydrogen-bond acceptors (Lipinski definition) is 5. The first kappa shape index (κ1) is 18.1. The molecule has 3 atom stereocenters. The summed E-state index contributed by atoms with van der Waals surface area (Å²) in [7, 11) is 0. The summed E-state index contributed by atoms with van der Waals surface area (Å²) in [4.78, 5) is 38.0. The SMILES string of the molecule is O=C(Cc1ccccc1)N[C@@H]1C(=O)N2C(C(=O)O)=C([C@H]3CCCO3)CS[C@H]12. The Morgan fingerprint density at radius 3 is 2.74 bits per heavy atom. The number of nitrogens with one attached hydrogen (secondary N) is 1. The van der Waals surface area contributed by atoms with E-state index >= 15 is 0 Å². The van der Waals surface area contributed by atoms with E-state index < -0.39 is 12.0 Å². The molecule has 7 nitrogen and oxygen atoms in total. The highest BCUT2D eigenvalue weighted by Crippen LogP contribution is 2.42. The summed E-state index contributed by atoms with van der Waals surface area (Å²) in [6, 6.07) is 8.59. The molecule has 0 bridgehead atoms. The maximum absolute atomic E-state index is 12.6. The Morgan fingerprint density at radius 2 is 2.07 bits per heavy atom. The van der Waals surface area contributed by atoms with E-state index in [-0.39, 0.29) is 35.4 Å². The first-order valence-electron chi connectivity index (χ1n) is 8.92. The fourth-order valence-electron chi connectivity index (χ4n) is 3.75. The van der Waals surface area contributed by atoms with Crippen LogP contribution in [0.1, 0.15) is 18.4 Å². The van der Waals surface area contributed by atoms with Crippen LogP contribution < -0.4 is 5.32 Å². The van der Waals surface area contributed by atoms with Crippen molar-refractivity contribution >= 4 is 29.5 Å². The number of carboxylic acids is 1. The minimum Gasteiger partial charge on any atom is -0.477 e. The average molecular weight is 388 g/mol. The van der Waals surface area contributed by atoms with Gasteiger partial charge in [-0.25, -0.2) is 4.79 Å². The Morgan fingerprint density at radius 1 is 1.30 bits per heavy atom. The summed E-state index contributed by atoms with van der Waals surface area (Å²) >= 11 is 1.48. The van der Waals surface area contributed by atoms with Gasteiger partial charge in [0.05, 0.1) is 12.5 Å². The Balaban J connectivity index is 1.47. The van der Waals surface area contributed by atoms with E-state index in [9.17, 15) is 19.5 Å². The second-order valence-electron chi connectivity index (χ2n) is 6.80. The van der Waals surface area contributed by atoms with E-state index in [2.05, 4.69) is 5.32 Å². The monoisotopic (exact) mass is 388 g/mol. The van der Waals surface area contributed by atoms with E-state index in [0.717, 1.165) is 18.4 Å². The average Bonchev–Trinajstić information content (AvgIpc) is 3.20. The number of ether oxygens (including phenoxy) is 1. The second-order valence-corrected chi connectivity index (χ2v) is 7.90. The molecule has 4 rings (SSSR count). The summed E-state index contributed by atoms with van der Waals surface area (Å²) < 4.78 is 5.63. The fourth-order valence-corrected chi connectivity index (χ4v) is 5.16. The van der Waals surface area contributed by atoms with Gasteiger partial charge in [0.1, 0.15) is 17.1 Å². The number of aliphatic carboxylic acids is 1. The highest BCUT2D eigenvalue weighted by Gasteiger charge is 2.54. The van der Waals surface area contributed by atoms with Crippen LogP contribution in [-0.4, -0.2) is 57.7 Å². The van der Waals surface area contributed by atoms with Gasteiger partial charge in [0.25, 0.3) is 5.91 Å². The number of carboxylic acid groups (broad SMARTS) is 1. The molecule has 1 aromatic carbocycles. The number of carbonyl (C=O) groups excluding carboxylic acids is 2. The number of hydrogen-bond donors (Lipinski definition) is 2. The maximum atomic E-state index is 12.6. The third-order valence-corrected chi connectivity index (χ3v) is 6.34. The third kappa shape index (κ3) is 3.35. The highest BCUT2D eigenvalue weighted by atomic mass is 32.2. The molecule has 1 aromatic rings. The lowest BCUT2D eigenvalue weighted by Gasteiger charge is -2.50. The van der Waals surface area contributed by atoms with Gasteiger partial charge >= 0.3 is 5.97 Å². The van der Waals surface area contributed by atoms with Crippen molar-refractivity contribution in [1.82, 2.24) is 10.2 Å². The van der Waals surface area contributed by atoms with E-state index in [0.29, 0.717) is 17.9 Å². The van der Waals surface area contributed by atoms with Gasteiger partial charge in [0.2, 0.25) is 5.91 Å². The lowest BCUT2D eigenvalue weighted by atomic mass is 9.99. The normalized spacial score (nSPS) is 27.2. The molecule has 0 spiro atoms. The predicted molar refractivity (Wildman–Crippen MR) is 98.8 cm³/mol. The third-order valence-electron chi connectivity index (χ3n) is 5.04. The van der Waals surface area contributed by atoms with Crippen molar-refractivity contribution in [3.05, 3.63) is 47.2 Å². The van der Waals surface area contributed by atoms with Gasteiger partial charge in [-0.3, -0.25) is 14.5 Å². The minimum absolute atomic E-state index is 0.0317. The molecule has 0 aliphatic carbocycles. The number of β-lactam (4-membered cyclic amide) rings is 1. The molecule has 3 heterocycles. The van der Waals surface area contributed by atoms with Crippen LogP contribution in [0.15, 0.2) is 41.6 Å². The number of thioether (sulfide) groups is 1. The van der Waals surface area contributed by atoms with Crippen molar-refractivity contribution in [2.45, 2.75) is 36.8 Å². The number of fused-ring (bicyclic) bond motifs is 1. The van der Waals surface area contributed by atoms with Crippen molar-refractivity contribution < 1.29 is 24.2 Å². The molecule has 8 heteroatoms. The fraction of sp³-hybridized carbons (Fsp3) is 0.421. The molecule has 3 aliphatic rings. The first-order chi connectivity index (χ1) is 13.1. The Bertz CT molecular complexity index is 804. The van der Waals surface area contributed by atoms with Crippen LogP contribution >= 0.6 is 11.8 Å². The predicted octanol–water partition coefficient (Wildman–Crippen LogP) is 1.15. The summed E-state index contributed by atoms with van der Waals surface area (Å²) in [5.74, 6) is -1.24. The maximum Gasteiger partial charge on any atom is 0.352 e. The van der Waals surface area contributed by atoms with Gasteiger partial charge in [0.15, 0.2) is 0 Å². The number of carbonyl (C=O) groups is 3. The van der Waals surface area contributed by atoms with Crippen molar-refractivity contribution in [3.8, 4) is 0 Å². The highest BCUT2D eigenvalue weighted by molar-refractivity contribution is 8.00. The molecular formula is C19H20N2O5S. The van der Waals surface area contributed by atoms with Crippen LogP contribution in [0.4, 0.5) is 0 Å². The van der Waals surface area contributed by atoms with Crippen LogP contribution in [0.3, 0.4) is 0 Å². The lowest BCUT2D eigenvalue weighted by Crippen LogP contribution is -2.70. The summed E-state index contributed by atoms with van der Waals surface area (Å²) in [5, 5.41) is 12.0. The van der Waals surface area contributed by atoms with Crippen LogP contribution in [0.25, 0.3) is 0 Å². The molecule has 142 valence electrons. The van der Waals surface area contributed by atoms with Crippen LogP contribution in [0.5, 0.6) is 0 Å². The molecule has 0 saturated carbocycles. The zero-order valence-corrected chi connectivity index (χ0v) is 15.4. The smallest absolute Gasteiger partial charge is 0.352 e. The lowest BCUT2D eigenvalue weighted by molar-refractivity contribution is -0.150. The van der Waals surface area contributed by atoms with Crippen molar-refractivity contribution in [3.63, 3.8) is 0 Å². The van der Waals surface area contributed by atoms with Crippen LogP contribution in [0, 0.1) is 0 Å². The minimum atomic E-state index is -1.12. The summed E-state index contributed by atoms with van der Waals surface area (Å²) in [5.41, 5.74) is 1.56. The quantitative estimate of drug-likeness (QED) is 0.735. The standard InChI is InChI=1S/C19H20N2O5S/c22-14(9-11-5-2-1-3-6-11)20-15-17(23)21-16(19(24)25)12(10-27-18(15)21)13-7-4-8-26-13/h1-3,5-6,13,15,18H,4,7-10H2,(H,20,22)(H,24,25)/t13-,15-,18-/m1/s1. The molecule has 0 aromatic heterocycles. The molecule has 2 N–H and O–H groups in total. The Labute approximate surface area is 160 Å². The van der Waals surface area contributed by atoms with Crippen molar-refractivity contribution in [1.29, 1.82) is 0 Å². The van der Waals surface area contributed by atoms with Crippen molar-refractivity contribution in [2.24, 2.45) is 0 Å². The summed E-state index contributed by atoms with van der Waals surface area (Å²) in [6.07, 6.45) is 1.62. The van der Waals surface area contributed by atoms with Gasteiger partial charge in [-0.2, -0.15) is 0 Å². The molecular weight excluding hydrogens is 368 g/mol. The van der Waals surface area contributed by atoms with Gasteiger partial charge in [-0.05, 0) is 24.0 Å². The number of benzene rings is 1. The molecule has 2 fully saturated rings. The Kier molecular flexibility index (Phi) is 4.92. The number of rotatable bonds is 5. The molecule has 3 aliphatic heterocycles. The van der Waals surface area contributed by atoms with E-state index in [1.54, 1.807) is 0 Å². The van der Waals surface area contributed by atoms with Crippen molar-refractivity contribution in [2.75, 3.05) is 12.4 Å². The molecule has 27 heavy (non-hydrogen) atoms. The summed E-state index contributed by atoms with van der Waals surface area (Å²) in [6.45, 7) is 0.612. The number of nitrogens with zero attached hydrogens (tertiary/aromatic N) is 1. The van der Waals surface area contributed by atoms with Gasteiger partial charge in [0, 0.05) is 12.4 Å². The topological polar surface area (TPSA) is 95.9 Å². The second kappa shape index (κ2) is 7.36. The van der Waals surface area contributed by atoms with Gasteiger partial charge in [-0.1, -0.05) is 30.3 Å². The van der Waals surface area contributed by atoms with E-state index in [1.165, 1.54) is 16.7 Å².